The first-order valence-electron chi connectivity index (χ1n) is 5.50. The molecule has 0 spiro atoms. The van der Waals surface area contributed by atoms with Crippen LogP contribution in [0.25, 0.3) is 0 Å². The van der Waals surface area contributed by atoms with Crippen molar-refractivity contribution in [1.29, 1.82) is 0 Å². The third-order valence-electron chi connectivity index (χ3n) is 3.10. The largest absolute Gasteiger partial charge is 0.505 e. The summed E-state index contributed by atoms with van der Waals surface area (Å²) in [6, 6.07) is 1.77. The van der Waals surface area contributed by atoms with Gasteiger partial charge in [-0.05, 0) is 31.9 Å². The zero-order chi connectivity index (χ0) is 12.6. The molecule has 0 aliphatic carbocycles. The number of carbonyl (C=O) groups is 1. The topological polar surface area (TPSA) is 40.5 Å². The van der Waals surface area contributed by atoms with E-state index in [2.05, 4.69) is 0 Å². The second-order valence-corrected chi connectivity index (χ2v) is 4.25. The van der Waals surface area contributed by atoms with Gasteiger partial charge in [0.25, 0.3) is 5.91 Å². The monoisotopic (exact) mass is 241 g/mol. The van der Waals surface area contributed by atoms with Crippen LogP contribution in [-0.4, -0.2) is 28.5 Å². The summed E-state index contributed by atoms with van der Waals surface area (Å²) in [4.78, 5) is 13.4. The summed E-state index contributed by atoms with van der Waals surface area (Å²) in [5, 5.41) is 9.17. The van der Waals surface area contributed by atoms with Gasteiger partial charge in [0.05, 0.1) is 0 Å². The third kappa shape index (κ3) is 1.97. The van der Waals surface area contributed by atoms with Crippen molar-refractivity contribution in [2.45, 2.75) is 25.8 Å². The molecule has 1 heterocycles. The molecule has 5 heteroatoms. The highest BCUT2D eigenvalue weighted by atomic mass is 19.1. The average Bonchev–Trinajstić information content (AvgIpc) is 2.70. The number of likely N-dealkylation sites (tertiary alicyclic amines) is 1. The van der Waals surface area contributed by atoms with E-state index in [1.807, 2.05) is 6.92 Å². The first-order valence-corrected chi connectivity index (χ1v) is 5.50. The van der Waals surface area contributed by atoms with Crippen LogP contribution in [-0.2, 0) is 0 Å². The van der Waals surface area contributed by atoms with Crippen LogP contribution in [0.3, 0.4) is 0 Å². The van der Waals surface area contributed by atoms with E-state index >= 15 is 0 Å². The van der Waals surface area contributed by atoms with E-state index in [4.69, 9.17) is 5.11 Å². The van der Waals surface area contributed by atoms with Crippen LogP contribution in [0, 0.1) is 11.6 Å². The Labute approximate surface area is 97.7 Å². The van der Waals surface area contributed by atoms with E-state index in [1.54, 1.807) is 0 Å². The van der Waals surface area contributed by atoms with Gasteiger partial charge < -0.3 is 10.0 Å². The van der Waals surface area contributed by atoms with E-state index in [0.29, 0.717) is 6.54 Å². The fourth-order valence-electron chi connectivity index (χ4n) is 2.12. The summed E-state index contributed by atoms with van der Waals surface area (Å²) < 4.78 is 27.0. The van der Waals surface area contributed by atoms with Crippen LogP contribution in [0.1, 0.15) is 30.1 Å². The van der Waals surface area contributed by atoms with E-state index < -0.39 is 28.9 Å². The Hall–Kier alpha value is -1.65. The maximum Gasteiger partial charge on any atom is 0.260 e. The second-order valence-electron chi connectivity index (χ2n) is 4.25. The molecule has 17 heavy (non-hydrogen) atoms. The third-order valence-corrected chi connectivity index (χ3v) is 3.10. The molecule has 0 aromatic heterocycles. The molecule has 1 amide bonds. The zero-order valence-corrected chi connectivity index (χ0v) is 9.41. The number of phenols is 1. The Morgan fingerprint density at radius 2 is 2.18 bits per heavy atom. The van der Waals surface area contributed by atoms with Gasteiger partial charge in [-0.25, -0.2) is 8.78 Å². The molecule has 0 saturated carbocycles. The Morgan fingerprint density at radius 3 is 2.76 bits per heavy atom. The summed E-state index contributed by atoms with van der Waals surface area (Å²) in [5.41, 5.74) is -0.668. The lowest BCUT2D eigenvalue weighted by molar-refractivity contribution is 0.0736. The number of phenolic OH excluding ortho intramolecular Hbond substituents is 1. The normalized spacial score (nSPS) is 19.7. The molecule has 3 nitrogen and oxygen atoms in total. The van der Waals surface area contributed by atoms with E-state index in [1.165, 1.54) is 4.90 Å². The predicted octanol–water partition coefficient (Wildman–Crippen LogP) is 2.29. The highest BCUT2D eigenvalue weighted by Gasteiger charge is 2.30. The van der Waals surface area contributed by atoms with Gasteiger partial charge in [0, 0.05) is 12.6 Å². The van der Waals surface area contributed by atoms with Gasteiger partial charge >= 0.3 is 0 Å². The summed E-state index contributed by atoms with van der Waals surface area (Å²) in [6.45, 7) is 2.33. The molecular formula is C12H13F2NO2. The van der Waals surface area contributed by atoms with Crippen molar-refractivity contribution in [3.63, 3.8) is 0 Å². The summed E-state index contributed by atoms with van der Waals surface area (Å²) in [7, 11) is 0. The van der Waals surface area contributed by atoms with Crippen LogP contribution in [0.5, 0.6) is 5.75 Å². The fourth-order valence-corrected chi connectivity index (χ4v) is 2.12. The average molecular weight is 241 g/mol. The van der Waals surface area contributed by atoms with Crippen molar-refractivity contribution in [2.24, 2.45) is 0 Å². The van der Waals surface area contributed by atoms with Gasteiger partial charge in [0.15, 0.2) is 11.6 Å². The van der Waals surface area contributed by atoms with Gasteiger partial charge in [0.2, 0.25) is 0 Å². The standard InChI is InChI=1S/C12H13F2NO2/c1-7-3-2-6-15(7)12(17)10-8(13)4-5-9(16)11(10)14/h4-5,7,16H,2-3,6H2,1H3. The lowest BCUT2D eigenvalue weighted by Crippen LogP contribution is -2.34. The Morgan fingerprint density at radius 1 is 1.47 bits per heavy atom. The van der Waals surface area contributed by atoms with Gasteiger partial charge in [0.1, 0.15) is 11.4 Å². The highest BCUT2D eigenvalue weighted by molar-refractivity contribution is 5.95. The molecule has 1 unspecified atom stereocenters. The highest BCUT2D eigenvalue weighted by Crippen LogP contribution is 2.26. The van der Waals surface area contributed by atoms with Gasteiger partial charge in [-0.2, -0.15) is 0 Å². The number of amides is 1. The van der Waals surface area contributed by atoms with Crippen LogP contribution >= 0.6 is 0 Å². The molecule has 1 aromatic carbocycles. The molecule has 1 atom stereocenters. The summed E-state index contributed by atoms with van der Waals surface area (Å²) in [5.74, 6) is -3.53. The van der Waals surface area contributed by atoms with Gasteiger partial charge in [-0.3, -0.25) is 4.79 Å². The first kappa shape index (κ1) is 11.8. The minimum atomic E-state index is -1.19. The molecule has 1 N–H and O–H groups in total. The Kier molecular flexibility index (Phi) is 3.00. The smallest absolute Gasteiger partial charge is 0.260 e. The molecule has 0 bridgehead atoms. The van der Waals surface area contributed by atoms with E-state index in [0.717, 1.165) is 25.0 Å². The van der Waals surface area contributed by atoms with Crippen molar-refractivity contribution in [1.82, 2.24) is 4.90 Å². The van der Waals surface area contributed by atoms with Crippen molar-refractivity contribution >= 4 is 5.91 Å². The lowest BCUT2D eigenvalue weighted by atomic mass is 10.1. The predicted molar refractivity (Wildman–Crippen MR) is 57.8 cm³/mol. The van der Waals surface area contributed by atoms with E-state index in [9.17, 15) is 13.6 Å². The van der Waals surface area contributed by atoms with Crippen molar-refractivity contribution in [3.05, 3.63) is 29.3 Å². The molecule has 1 fully saturated rings. The molecule has 1 aromatic rings. The molecule has 1 aliphatic heterocycles. The molecule has 0 radical (unpaired) electrons. The number of hydrogen-bond donors (Lipinski definition) is 1. The quantitative estimate of drug-likeness (QED) is 0.819. The lowest BCUT2D eigenvalue weighted by Gasteiger charge is -2.22. The van der Waals surface area contributed by atoms with Crippen LogP contribution in [0.2, 0.25) is 0 Å². The Balaban J connectivity index is 2.40. The molecule has 1 aliphatic rings. The van der Waals surface area contributed by atoms with Crippen molar-refractivity contribution < 1.29 is 18.7 Å². The van der Waals surface area contributed by atoms with Crippen molar-refractivity contribution in [2.75, 3.05) is 6.54 Å². The Bertz CT molecular complexity index is 462. The number of rotatable bonds is 1. The number of carbonyl (C=O) groups excluding carboxylic acids is 1. The SMILES string of the molecule is CC1CCCN1C(=O)c1c(F)ccc(O)c1F. The molecule has 1 saturated heterocycles. The summed E-state index contributed by atoms with van der Waals surface area (Å²) >= 11 is 0. The maximum absolute atomic E-state index is 13.6. The maximum atomic E-state index is 13.6. The number of hydrogen-bond acceptors (Lipinski definition) is 2. The minimum absolute atomic E-state index is 0.0244. The first-order chi connectivity index (χ1) is 8.02. The molecule has 92 valence electrons. The van der Waals surface area contributed by atoms with E-state index in [-0.39, 0.29) is 6.04 Å². The molecular weight excluding hydrogens is 228 g/mol. The fraction of sp³-hybridized carbons (Fsp3) is 0.417. The van der Waals surface area contributed by atoms with Crippen LogP contribution in [0.15, 0.2) is 12.1 Å². The van der Waals surface area contributed by atoms with Gasteiger partial charge in [-0.15, -0.1) is 0 Å². The number of benzene rings is 1. The minimum Gasteiger partial charge on any atom is -0.505 e. The van der Waals surface area contributed by atoms with Gasteiger partial charge in [-0.1, -0.05) is 0 Å². The number of halogens is 2. The summed E-state index contributed by atoms with van der Waals surface area (Å²) in [6.07, 6.45) is 1.66. The second kappa shape index (κ2) is 4.31. The zero-order valence-electron chi connectivity index (χ0n) is 9.41. The number of aromatic hydroxyl groups is 1. The molecule has 2 rings (SSSR count). The van der Waals surface area contributed by atoms with Crippen LogP contribution in [0.4, 0.5) is 8.78 Å². The van der Waals surface area contributed by atoms with Crippen LogP contribution < -0.4 is 0 Å². The van der Waals surface area contributed by atoms with Crippen molar-refractivity contribution in [3.8, 4) is 5.75 Å². The number of nitrogens with zero attached hydrogens (tertiary/aromatic N) is 1.